The van der Waals surface area contributed by atoms with Gasteiger partial charge in [0, 0.05) is 16.6 Å². The topological polar surface area (TPSA) is 35.2 Å². The van der Waals surface area contributed by atoms with Gasteiger partial charge in [-0.2, -0.15) is 0 Å². The summed E-state index contributed by atoms with van der Waals surface area (Å²) in [5, 5.41) is 0. The molecule has 3 rings (SSSR count). The Balaban J connectivity index is 1.70. The summed E-state index contributed by atoms with van der Waals surface area (Å²) >= 11 is 3.59. The molecule has 0 amide bonds. The largest absolute Gasteiger partial charge is 0.489 e. The highest BCUT2D eigenvalue weighted by atomic mass is 79.9. The maximum Gasteiger partial charge on any atom is 0.120 e. The van der Waals surface area contributed by atoms with E-state index in [0.717, 1.165) is 21.3 Å². The van der Waals surface area contributed by atoms with Crippen LogP contribution in [-0.2, 0) is 26.0 Å². The van der Waals surface area contributed by atoms with Crippen LogP contribution in [0.3, 0.4) is 0 Å². The fourth-order valence-corrected chi connectivity index (χ4v) is 3.34. The fourth-order valence-electron chi connectivity index (χ4n) is 2.80. The fraction of sp³-hybridized carbons (Fsp3) is 0.333. The lowest BCUT2D eigenvalue weighted by Gasteiger charge is -2.17. The van der Waals surface area contributed by atoms with Gasteiger partial charge < -0.3 is 10.5 Å². The molecule has 2 nitrogen and oxygen atoms in total. The van der Waals surface area contributed by atoms with E-state index in [0.29, 0.717) is 13.2 Å². The van der Waals surface area contributed by atoms with Gasteiger partial charge in [0.25, 0.3) is 0 Å². The molecule has 0 radical (unpaired) electrons. The predicted octanol–water partition coefficient (Wildman–Crippen LogP) is 4.37. The van der Waals surface area contributed by atoms with Crippen molar-refractivity contribution in [3.05, 3.63) is 63.1 Å². The zero-order valence-electron chi connectivity index (χ0n) is 12.1. The molecule has 0 atom stereocenters. The third-order valence-corrected chi connectivity index (χ3v) is 4.81. The van der Waals surface area contributed by atoms with Gasteiger partial charge in [-0.05, 0) is 60.6 Å². The van der Waals surface area contributed by atoms with Crippen molar-refractivity contribution >= 4 is 15.9 Å². The summed E-state index contributed by atoms with van der Waals surface area (Å²) in [4.78, 5) is 0. The van der Waals surface area contributed by atoms with E-state index in [4.69, 9.17) is 10.5 Å². The van der Waals surface area contributed by atoms with Gasteiger partial charge in [0.1, 0.15) is 12.4 Å². The second-order valence-electron chi connectivity index (χ2n) is 5.56. The summed E-state index contributed by atoms with van der Waals surface area (Å²) in [6, 6.07) is 12.7. The zero-order chi connectivity index (χ0) is 14.7. The van der Waals surface area contributed by atoms with Crippen LogP contribution in [0.15, 0.2) is 40.9 Å². The van der Waals surface area contributed by atoms with Crippen LogP contribution in [-0.4, -0.2) is 0 Å². The van der Waals surface area contributed by atoms with E-state index in [-0.39, 0.29) is 0 Å². The second kappa shape index (κ2) is 6.63. The Hall–Kier alpha value is -1.32. The first-order valence-electron chi connectivity index (χ1n) is 7.48. The Morgan fingerprint density at radius 2 is 1.81 bits per heavy atom. The number of rotatable bonds is 4. The molecule has 21 heavy (non-hydrogen) atoms. The van der Waals surface area contributed by atoms with Crippen molar-refractivity contribution in [2.45, 2.75) is 38.8 Å². The summed E-state index contributed by atoms with van der Waals surface area (Å²) in [6.07, 6.45) is 5.00. The molecule has 2 N–H and O–H groups in total. The summed E-state index contributed by atoms with van der Waals surface area (Å²) in [5.74, 6) is 0.963. The molecule has 1 aliphatic rings. The molecule has 3 heteroatoms. The highest BCUT2D eigenvalue weighted by molar-refractivity contribution is 9.10. The SMILES string of the molecule is NCc1ccc(COc2ccc3c(c2)CCCC3)c(Br)c1. The molecule has 0 unspecified atom stereocenters. The van der Waals surface area contributed by atoms with Crippen LogP contribution in [0.1, 0.15) is 35.1 Å². The van der Waals surface area contributed by atoms with E-state index in [1.54, 1.807) is 0 Å². The molecule has 0 aliphatic heterocycles. The lowest BCUT2D eigenvalue weighted by Crippen LogP contribution is -2.04. The summed E-state index contributed by atoms with van der Waals surface area (Å²) in [7, 11) is 0. The second-order valence-corrected chi connectivity index (χ2v) is 6.41. The number of aryl methyl sites for hydroxylation is 2. The van der Waals surface area contributed by atoms with Crippen molar-refractivity contribution in [1.82, 2.24) is 0 Å². The smallest absolute Gasteiger partial charge is 0.120 e. The molecule has 0 spiro atoms. The van der Waals surface area contributed by atoms with Crippen LogP contribution in [0.2, 0.25) is 0 Å². The Kier molecular flexibility index (Phi) is 4.61. The first-order chi connectivity index (χ1) is 10.3. The van der Waals surface area contributed by atoms with E-state index in [9.17, 15) is 0 Å². The molecule has 1 aliphatic carbocycles. The van der Waals surface area contributed by atoms with Crippen molar-refractivity contribution in [2.75, 3.05) is 0 Å². The van der Waals surface area contributed by atoms with Crippen LogP contribution in [0, 0.1) is 0 Å². The predicted molar refractivity (Wildman–Crippen MR) is 89.4 cm³/mol. The summed E-state index contributed by atoms with van der Waals surface area (Å²) in [6.45, 7) is 1.13. The quantitative estimate of drug-likeness (QED) is 0.892. The van der Waals surface area contributed by atoms with Gasteiger partial charge in [0.2, 0.25) is 0 Å². The maximum atomic E-state index is 5.95. The Morgan fingerprint density at radius 1 is 1.00 bits per heavy atom. The minimum Gasteiger partial charge on any atom is -0.489 e. The Bertz CT molecular complexity index is 639. The van der Waals surface area contributed by atoms with Gasteiger partial charge in [-0.1, -0.05) is 34.1 Å². The molecule has 0 saturated carbocycles. The van der Waals surface area contributed by atoms with Crippen LogP contribution in [0.4, 0.5) is 0 Å². The minimum atomic E-state index is 0.560. The molecule has 2 aromatic carbocycles. The Morgan fingerprint density at radius 3 is 2.57 bits per heavy atom. The molecular weight excluding hydrogens is 326 g/mol. The number of halogens is 1. The first kappa shape index (κ1) is 14.6. The third-order valence-electron chi connectivity index (χ3n) is 4.07. The van der Waals surface area contributed by atoms with Gasteiger partial charge in [0.05, 0.1) is 0 Å². The number of hydrogen-bond acceptors (Lipinski definition) is 2. The van der Waals surface area contributed by atoms with E-state index < -0.39 is 0 Å². The van der Waals surface area contributed by atoms with Gasteiger partial charge in [0.15, 0.2) is 0 Å². The van der Waals surface area contributed by atoms with Gasteiger partial charge in [-0.15, -0.1) is 0 Å². The summed E-state index contributed by atoms with van der Waals surface area (Å²) in [5.41, 5.74) is 10.9. The van der Waals surface area contributed by atoms with Crippen molar-refractivity contribution < 1.29 is 4.74 Å². The van der Waals surface area contributed by atoms with Crippen molar-refractivity contribution in [2.24, 2.45) is 5.73 Å². The van der Waals surface area contributed by atoms with Gasteiger partial charge in [-0.25, -0.2) is 0 Å². The molecule has 0 bridgehead atoms. The average Bonchev–Trinajstić information content (AvgIpc) is 2.53. The first-order valence-corrected chi connectivity index (χ1v) is 8.27. The molecule has 2 aromatic rings. The number of fused-ring (bicyclic) bond motifs is 1. The van der Waals surface area contributed by atoms with Crippen LogP contribution < -0.4 is 10.5 Å². The van der Waals surface area contributed by atoms with E-state index in [1.807, 2.05) is 0 Å². The lowest BCUT2D eigenvalue weighted by atomic mass is 9.92. The maximum absolute atomic E-state index is 5.95. The molecular formula is C18H20BrNO. The molecule has 0 heterocycles. The minimum absolute atomic E-state index is 0.560. The number of hydrogen-bond donors (Lipinski definition) is 1. The van der Waals surface area contributed by atoms with E-state index in [1.165, 1.54) is 36.8 Å². The van der Waals surface area contributed by atoms with Crippen molar-refractivity contribution in [3.63, 3.8) is 0 Å². The number of ether oxygens (including phenoxy) is 1. The van der Waals surface area contributed by atoms with Crippen molar-refractivity contribution in [3.8, 4) is 5.75 Å². The number of benzene rings is 2. The summed E-state index contributed by atoms with van der Waals surface area (Å²) < 4.78 is 7.01. The highest BCUT2D eigenvalue weighted by Gasteiger charge is 2.10. The molecule has 0 aromatic heterocycles. The van der Waals surface area contributed by atoms with Crippen LogP contribution in [0.25, 0.3) is 0 Å². The monoisotopic (exact) mass is 345 g/mol. The molecule has 0 fully saturated rings. The Labute approximate surface area is 134 Å². The standard InChI is InChI=1S/C18H20BrNO/c19-18-9-13(11-20)5-6-16(18)12-21-17-8-7-14-3-1-2-4-15(14)10-17/h5-10H,1-4,11-12,20H2. The molecule has 110 valence electrons. The molecule has 0 saturated heterocycles. The van der Waals surface area contributed by atoms with Crippen molar-refractivity contribution in [1.29, 1.82) is 0 Å². The lowest BCUT2D eigenvalue weighted by molar-refractivity contribution is 0.305. The van der Waals surface area contributed by atoms with Gasteiger partial charge in [-0.3, -0.25) is 0 Å². The van der Waals surface area contributed by atoms with E-state index >= 15 is 0 Å². The number of nitrogens with two attached hydrogens (primary N) is 1. The van der Waals surface area contributed by atoms with E-state index in [2.05, 4.69) is 52.3 Å². The third kappa shape index (κ3) is 3.47. The van der Waals surface area contributed by atoms with Crippen LogP contribution >= 0.6 is 15.9 Å². The van der Waals surface area contributed by atoms with Gasteiger partial charge >= 0.3 is 0 Å². The average molecular weight is 346 g/mol. The normalized spacial score (nSPS) is 13.8. The highest BCUT2D eigenvalue weighted by Crippen LogP contribution is 2.26. The van der Waals surface area contributed by atoms with Crippen LogP contribution in [0.5, 0.6) is 5.75 Å². The zero-order valence-corrected chi connectivity index (χ0v) is 13.7.